The maximum Gasteiger partial charge on any atom is 0.259 e. The van der Waals surface area contributed by atoms with Gasteiger partial charge >= 0.3 is 0 Å². The van der Waals surface area contributed by atoms with Gasteiger partial charge in [0.25, 0.3) is 11.8 Å². The molecule has 3 rings (SSSR count). The number of amides is 2. The molecule has 0 spiro atoms. The first-order valence-corrected chi connectivity index (χ1v) is 12.3. The molecule has 1 aliphatic rings. The minimum Gasteiger partial charge on any atom is -0.352 e. The summed E-state index contributed by atoms with van der Waals surface area (Å²) in [5.41, 5.74) is 0.499. The third kappa shape index (κ3) is 6.76. The Morgan fingerprint density at radius 3 is 2.33 bits per heavy atom. The van der Waals surface area contributed by atoms with Gasteiger partial charge in [0.15, 0.2) is 0 Å². The largest absolute Gasteiger partial charge is 0.352 e. The summed E-state index contributed by atoms with van der Waals surface area (Å²) in [6, 6.07) is 5.80. The van der Waals surface area contributed by atoms with E-state index in [-0.39, 0.29) is 29.0 Å². The van der Waals surface area contributed by atoms with Crippen LogP contribution in [0.5, 0.6) is 0 Å². The molecule has 2 aromatic rings. The third-order valence-electron chi connectivity index (χ3n) is 6.40. The van der Waals surface area contributed by atoms with Crippen molar-refractivity contribution < 1.29 is 9.59 Å². The summed E-state index contributed by atoms with van der Waals surface area (Å²) in [5, 5.41) is 3.08. The predicted molar refractivity (Wildman–Crippen MR) is 129 cm³/mol. The molecule has 2 heterocycles. The SMILES string of the molecule is CCN(CC)C(=O)c1cn(CCc2ccccn2)cc(C(=O)NC2CCCCCCC2)c1=O. The normalized spacial score (nSPS) is 14.8. The number of pyridine rings is 2. The van der Waals surface area contributed by atoms with Crippen LogP contribution in [0.25, 0.3) is 0 Å². The van der Waals surface area contributed by atoms with Gasteiger partial charge in [-0.05, 0) is 38.8 Å². The van der Waals surface area contributed by atoms with Crippen LogP contribution >= 0.6 is 0 Å². The molecule has 178 valence electrons. The molecule has 1 N–H and O–H groups in total. The van der Waals surface area contributed by atoms with Crippen molar-refractivity contribution in [2.45, 2.75) is 77.8 Å². The molecule has 1 saturated carbocycles. The van der Waals surface area contributed by atoms with Gasteiger partial charge in [-0.2, -0.15) is 0 Å². The summed E-state index contributed by atoms with van der Waals surface area (Å²) in [6.45, 7) is 5.28. The number of nitrogens with zero attached hydrogens (tertiary/aromatic N) is 3. The second-order valence-corrected chi connectivity index (χ2v) is 8.72. The van der Waals surface area contributed by atoms with Gasteiger partial charge in [0.1, 0.15) is 11.1 Å². The Labute approximate surface area is 196 Å². The van der Waals surface area contributed by atoms with Crippen molar-refractivity contribution >= 4 is 11.8 Å². The number of hydrogen-bond donors (Lipinski definition) is 1. The number of carbonyl (C=O) groups is 2. The molecule has 2 aromatic heterocycles. The van der Waals surface area contributed by atoms with E-state index < -0.39 is 5.43 Å². The first kappa shape index (κ1) is 24.7. The van der Waals surface area contributed by atoms with Crippen molar-refractivity contribution in [3.63, 3.8) is 0 Å². The molecule has 7 heteroatoms. The van der Waals surface area contributed by atoms with Crippen molar-refractivity contribution in [2.75, 3.05) is 13.1 Å². The Morgan fingerprint density at radius 1 is 1.03 bits per heavy atom. The topological polar surface area (TPSA) is 84.3 Å². The van der Waals surface area contributed by atoms with Crippen LogP contribution in [0.2, 0.25) is 0 Å². The lowest BCUT2D eigenvalue weighted by molar-refractivity contribution is 0.0770. The minimum absolute atomic E-state index is 0.0380. The van der Waals surface area contributed by atoms with E-state index >= 15 is 0 Å². The van der Waals surface area contributed by atoms with Gasteiger partial charge in [0, 0.05) is 56.4 Å². The Bertz CT molecular complexity index is 975. The molecule has 0 bridgehead atoms. The fourth-order valence-electron chi connectivity index (χ4n) is 4.41. The Balaban J connectivity index is 1.89. The van der Waals surface area contributed by atoms with Gasteiger partial charge in [-0.3, -0.25) is 19.4 Å². The maximum atomic E-state index is 13.2. The first-order valence-electron chi connectivity index (χ1n) is 12.3. The van der Waals surface area contributed by atoms with Crippen LogP contribution in [0.3, 0.4) is 0 Å². The third-order valence-corrected chi connectivity index (χ3v) is 6.40. The molecule has 1 fully saturated rings. The zero-order valence-electron chi connectivity index (χ0n) is 19.9. The van der Waals surface area contributed by atoms with E-state index in [1.165, 1.54) is 19.3 Å². The molecule has 0 saturated heterocycles. The molecule has 0 radical (unpaired) electrons. The molecule has 1 aliphatic carbocycles. The quantitative estimate of drug-likeness (QED) is 0.660. The fraction of sp³-hybridized carbons (Fsp3) is 0.538. The number of aromatic nitrogens is 2. The van der Waals surface area contributed by atoms with Gasteiger partial charge in [-0.1, -0.05) is 38.2 Å². The van der Waals surface area contributed by atoms with E-state index in [9.17, 15) is 14.4 Å². The Morgan fingerprint density at radius 2 is 1.70 bits per heavy atom. The summed E-state index contributed by atoms with van der Waals surface area (Å²) >= 11 is 0. The number of rotatable bonds is 8. The molecule has 33 heavy (non-hydrogen) atoms. The lowest BCUT2D eigenvalue weighted by Crippen LogP contribution is -2.40. The van der Waals surface area contributed by atoms with E-state index in [4.69, 9.17) is 0 Å². The summed E-state index contributed by atoms with van der Waals surface area (Å²) in [6.07, 6.45) is 13.2. The zero-order chi connectivity index (χ0) is 23.6. The van der Waals surface area contributed by atoms with Crippen molar-refractivity contribution in [2.24, 2.45) is 0 Å². The predicted octanol–water partition coefficient (Wildman–Crippen LogP) is 3.81. The van der Waals surface area contributed by atoms with Gasteiger partial charge < -0.3 is 14.8 Å². The summed E-state index contributed by atoms with van der Waals surface area (Å²) in [7, 11) is 0. The molecular formula is C26H36N4O3. The standard InChI is InChI=1S/C26H36N4O3/c1-3-30(4-2)26(33)23-19-29(17-15-20-12-10-11-16-27-20)18-22(24(23)31)25(32)28-21-13-8-6-5-7-9-14-21/h10-12,16,18-19,21H,3-9,13-15,17H2,1-2H3,(H,28,32). The number of hydrogen-bond acceptors (Lipinski definition) is 4. The summed E-state index contributed by atoms with van der Waals surface area (Å²) < 4.78 is 1.78. The summed E-state index contributed by atoms with van der Waals surface area (Å²) in [4.78, 5) is 45.4. The molecule has 7 nitrogen and oxygen atoms in total. The average molecular weight is 453 g/mol. The van der Waals surface area contributed by atoms with Crippen molar-refractivity contribution in [1.82, 2.24) is 19.8 Å². The van der Waals surface area contributed by atoms with Crippen LogP contribution in [-0.4, -0.2) is 45.4 Å². The molecule has 0 aliphatic heterocycles. The van der Waals surface area contributed by atoms with Crippen molar-refractivity contribution in [3.8, 4) is 0 Å². The zero-order valence-corrected chi connectivity index (χ0v) is 19.9. The van der Waals surface area contributed by atoms with Crippen LogP contribution < -0.4 is 10.7 Å². The number of aryl methyl sites for hydroxylation is 2. The molecule has 2 amide bonds. The van der Waals surface area contributed by atoms with Crippen LogP contribution in [0, 0.1) is 0 Å². The average Bonchev–Trinajstić information content (AvgIpc) is 2.81. The molecule has 0 atom stereocenters. The number of carbonyl (C=O) groups excluding carboxylic acids is 2. The lowest BCUT2D eigenvalue weighted by atomic mass is 9.96. The molecule has 0 aromatic carbocycles. The van der Waals surface area contributed by atoms with Gasteiger partial charge in [0.2, 0.25) is 5.43 Å². The highest BCUT2D eigenvalue weighted by atomic mass is 16.2. The van der Waals surface area contributed by atoms with Gasteiger partial charge in [0.05, 0.1) is 0 Å². The Hall–Kier alpha value is -2.96. The van der Waals surface area contributed by atoms with Gasteiger partial charge in [-0.15, -0.1) is 0 Å². The van der Waals surface area contributed by atoms with Crippen LogP contribution in [0.1, 0.15) is 85.2 Å². The highest BCUT2D eigenvalue weighted by molar-refractivity contribution is 5.99. The first-order chi connectivity index (χ1) is 16.0. The Kier molecular flexibility index (Phi) is 9.22. The number of nitrogens with one attached hydrogen (secondary N) is 1. The van der Waals surface area contributed by atoms with Crippen LogP contribution in [-0.2, 0) is 13.0 Å². The monoisotopic (exact) mass is 452 g/mol. The maximum absolute atomic E-state index is 13.2. The van der Waals surface area contributed by atoms with Crippen molar-refractivity contribution in [3.05, 3.63) is 63.8 Å². The van der Waals surface area contributed by atoms with Gasteiger partial charge in [-0.25, -0.2) is 0 Å². The van der Waals surface area contributed by atoms with E-state index in [0.29, 0.717) is 26.1 Å². The van der Waals surface area contributed by atoms with Crippen LogP contribution in [0.4, 0.5) is 0 Å². The van der Waals surface area contributed by atoms with E-state index in [1.807, 2.05) is 32.0 Å². The summed E-state index contributed by atoms with van der Waals surface area (Å²) in [5.74, 6) is -0.719. The fourth-order valence-corrected chi connectivity index (χ4v) is 4.41. The van der Waals surface area contributed by atoms with E-state index in [2.05, 4.69) is 10.3 Å². The second kappa shape index (κ2) is 12.3. The highest BCUT2D eigenvalue weighted by Gasteiger charge is 2.23. The lowest BCUT2D eigenvalue weighted by Gasteiger charge is -2.22. The van der Waals surface area contributed by atoms with E-state index in [0.717, 1.165) is 31.4 Å². The van der Waals surface area contributed by atoms with E-state index in [1.54, 1.807) is 28.1 Å². The smallest absolute Gasteiger partial charge is 0.259 e. The van der Waals surface area contributed by atoms with Crippen molar-refractivity contribution in [1.29, 1.82) is 0 Å². The molecular weight excluding hydrogens is 416 g/mol. The van der Waals surface area contributed by atoms with Crippen LogP contribution in [0.15, 0.2) is 41.6 Å². The molecule has 0 unspecified atom stereocenters. The highest BCUT2D eigenvalue weighted by Crippen LogP contribution is 2.17. The minimum atomic E-state index is -0.496. The second-order valence-electron chi connectivity index (χ2n) is 8.72.